The van der Waals surface area contributed by atoms with Gasteiger partial charge in [-0.05, 0) is 36.4 Å². The zero-order chi connectivity index (χ0) is 17.6. The van der Waals surface area contributed by atoms with Crippen molar-refractivity contribution < 1.29 is 22.7 Å². The van der Waals surface area contributed by atoms with Crippen LogP contribution in [-0.2, 0) is 11.0 Å². The van der Waals surface area contributed by atoms with Gasteiger partial charge >= 0.3 is 6.18 Å². The zero-order valence-corrected chi connectivity index (χ0v) is 13.0. The van der Waals surface area contributed by atoms with Crippen molar-refractivity contribution in [2.45, 2.75) is 12.6 Å². The predicted octanol–water partition coefficient (Wildman–Crippen LogP) is 4.15. The molecule has 0 heterocycles. The highest BCUT2D eigenvalue weighted by Gasteiger charge is 2.29. The maximum absolute atomic E-state index is 12.5. The molecule has 0 bridgehead atoms. The lowest BCUT2D eigenvalue weighted by Crippen LogP contribution is -2.16. The number of alkyl halides is 3. The number of anilines is 2. The van der Waals surface area contributed by atoms with Gasteiger partial charge in [-0.15, -0.1) is 0 Å². The maximum atomic E-state index is 12.5. The molecule has 0 spiro atoms. The topological polar surface area (TPSA) is 50.4 Å². The molecular formula is C17H17F3N2O2. The normalized spacial score (nSPS) is 11.0. The van der Waals surface area contributed by atoms with Crippen molar-refractivity contribution in [2.24, 2.45) is 0 Å². The summed E-state index contributed by atoms with van der Waals surface area (Å²) in [5.41, 5.74) is 0.384. The number of rotatable bonds is 6. The number of ether oxygens (including phenoxy) is 1. The molecule has 0 aliphatic carbocycles. The standard InChI is InChI=1S/C17H17F3N2O2/c1-24-15-5-3-2-4-14(15)22-16(23)10-11-21-13-8-6-12(7-9-13)17(18,19)20/h2-9,21H,10-11H2,1H3,(H,22,23). The van der Waals surface area contributed by atoms with E-state index in [1.54, 1.807) is 24.3 Å². The summed E-state index contributed by atoms with van der Waals surface area (Å²) in [6, 6.07) is 11.7. The minimum Gasteiger partial charge on any atom is -0.495 e. The highest BCUT2D eigenvalue weighted by atomic mass is 19.4. The van der Waals surface area contributed by atoms with Crippen LogP contribution >= 0.6 is 0 Å². The van der Waals surface area contributed by atoms with E-state index in [0.717, 1.165) is 12.1 Å². The first-order chi connectivity index (χ1) is 11.4. The summed E-state index contributed by atoms with van der Waals surface area (Å²) in [4.78, 5) is 11.9. The molecule has 2 N–H and O–H groups in total. The molecule has 2 rings (SSSR count). The number of benzene rings is 2. The van der Waals surface area contributed by atoms with Gasteiger partial charge in [-0.3, -0.25) is 4.79 Å². The maximum Gasteiger partial charge on any atom is 0.416 e. The molecule has 0 fully saturated rings. The number of para-hydroxylation sites is 2. The van der Waals surface area contributed by atoms with E-state index in [-0.39, 0.29) is 12.3 Å². The van der Waals surface area contributed by atoms with Crippen molar-refractivity contribution >= 4 is 17.3 Å². The third-order valence-electron chi connectivity index (χ3n) is 3.27. The van der Waals surface area contributed by atoms with Gasteiger partial charge in [0.25, 0.3) is 0 Å². The smallest absolute Gasteiger partial charge is 0.416 e. The van der Waals surface area contributed by atoms with E-state index in [1.165, 1.54) is 19.2 Å². The van der Waals surface area contributed by atoms with E-state index in [4.69, 9.17) is 4.74 Å². The molecule has 0 aromatic heterocycles. The highest BCUT2D eigenvalue weighted by molar-refractivity contribution is 5.92. The average molecular weight is 338 g/mol. The van der Waals surface area contributed by atoms with E-state index < -0.39 is 11.7 Å². The third kappa shape index (κ3) is 4.91. The summed E-state index contributed by atoms with van der Waals surface area (Å²) >= 11 is 0. The van der Waals surface area contributed by atoms with Gasteiger partial charge in [0.1, 0.15) is 5.75 Å². The van der Waals surface area contributed by atoms with Crippen molar-refractivity contribution in [1.29, 1.82) is 0 Å². The van der Waals surface area contributed by atoms with Crippen LogP contribution < -0.4 is 15.4 Å². The number of methoxy groups -OCH3 is 1. The summed E-state index contributed by atoms with van der Waals surface area (Å²) in [6.45, 7) is 0.298. The van der Waals surface area contributed by atoms with Crippen LogP contribution in [-0.4, -0.2) is 19.6 Å². The number of hydrogen-bond acceptors (Lipinski definition) is 3. The Bertz CT molecular complexity index is 685. The molecular weight excluding hydrogens is 321 g/mol. The Kier molecular flexibility index (Phi) is 5.68. The van der Waals surface area contributed by atoms with Crippen LogP contribution in [0, 0.1) is 0 Å². The van der Waals surface area contributed by atoms with Crippen LogP contribution in [0.15, 0.2) is 48.5 Å². The number of hydrogen-bond donors (Lipinski definition) is 2. The van der Waals surface area contributed by atoms with E-state index >= 15 is 0 Å². The van der Waals surface area contributed by atoms with E-state index in [0.29, 0.717) is 23.7 Å². The number of halogens is 3. The molecule has 0 saturated carbocycles. The first kappa shape index (κ1) is 17.7. The van der Waals surface area contributed by atoms with Gasteiger partial charge < -0.3 is 15.4 Å². The lowest BCUT2D eigenvalue weighted by molar-refractivity contribution is -0.137. The highest BCUT2D eigenvalue weighted by Crippen LogP contribution is 2.29. The number of nitrogens with one attached hydrogen (secondary N) is 2. The summed E-state index contributed by atoms with van der Waals surface area (Å²) < 4.78 is 42.5. The molecule has 0 saturated heterocycles. The first-order valence-electron chi connectivity index (χ1n) is 7.24. The summed E-state index contributed by atoms with van der Waals surface area (Å²) in [5.74, 6) is 0.334. The Hall–Kier alpha value is -2.70. The molecule has 7 heteroatoms. The molecule has 0 unspecified atom stereocenters. The molecule has 2 aromatic rings. The monoisotopic (exact) mass is 338 g/mol. The third-order valence-corrected chi connectivity index (χ3v) is 3.27. The number of amides is 1. The van der Waals surface area contributed by atoms with Crippen LogP contribution in [0.2, 0.25) is 0 Å². The van der Waals surface area contributed by atoms with Gasteiger partial charge in [0.05, 0.1) is 18.4 Å². The van der Waals surface area contributed by atoms with Crippen LogP contribution in [0.5, 0.6) is 5.75 Å². The zero-order valence-electron chi connectivity index (χ0n) is 13.0. The molecule has 24 heavy (non-hydrogen) atoms. The van der Waals surface area contributed by atoms with Crippen LogP contribution in [0.1, 0.15) is 12.0 Å². The molecule has 128 valence electrons. The molecule has 0 aliphatic heterocycles. The second kappa shape index (κ2) is 7.72. The van der Waals surface area contributed by atoms with Crippen LogP contribution in [0.25, 0.3) is 0 Å². The van der Waals surface area contributed by atoms with Crippen molar-refractivity contribution in [3.8, 4) is 5.75 Å². The van der Waals surface area contributed by atoms with E-state index in [1.807, 2.05) is 0 Å². The molecule has 2 aromatic carbocycles. The molecule has 0 aliphatic rings. The van der Waals surface area contributed by atoms with Crippen LogP contribution in [0.4, 0.5) is 24.5 Å². The molecule has 4 nitrogen and oxygen atoms in total. The summed E-state index contributed by atoms with van der Waals surface area (Å²) in [5, 5.41) is 5.63. The van der Waals surface area contributed by atoms with Crippen molar-refractivity contribution in [2.75, 3.05) is 24.3 Å². The minimum atomic E-state index is -4.35. The summed E-state index contributed by atoms with van der Waals surface area (Å²) in [7, 11) is 1.51. The first-order valence-corrected chi connectivity index (χ1v) is 7.24. The van der Waals surface area contributed by atoms with Crippen LogP contribution in [0.3, 0.4) is 0 Å². The van der Waals surface area contributed by atoms with Crippen molar-refractivity contribution in [1.82, 2.24) is 0 Å². The largest absolute Gasteiger partial charge is 0.495 e. The van der Waals surface area contributed by atoms with Crippen molar-refractivity contribution in [3.05, 3.63) is 54.1 Å². The van der Waals surface area contributed by atoms with Gasteiger partial charge in [0.2, 0.25) is 5.91 Å². The fourth-order valence-corrected chi connectivity index (χ4v) is 2.06. The minimum absolute atomic E-state index is 0.166. The summed E-state index contributed by atoms with van der Waals surface area (Å²) in [6.07, 6.45) is -4.19. The van der Waals surface area contributed by atoms with Gasteiger partial charge in [0, 0.05) is 18.7 Å². The Labute approximate surface area is 137 Å². The quantitative estimate of drug-likeness (QED) is 0.832. The fraction of sp³-hybridized carbons (Fsp3) is 0.235. The van der Waals surface area contributed by atoms with Crippen molar-refractivity contribution in [3.63, 3.8) is 0 Å². The average Bonchev–Trinajstić information content (AvgIpc) is 2.55. The van der Waals surface area contributed by atoms with Gasteiger partial charge in [-0.2, -0.15) is 13.2 Å². The van der Waals surface area contributed by atoms with Gasteiger partial charge in [-0.25, -0.2) is 0 Å². The number of carbonyl (C=O) groups is 1. The lowest BCUT2D eigenvalue weighted by Gasteiger charge is -2.11. The van der Waals surface area contributed by atoms with Gasteiger partial charge in [-0.1, -0.05) is 12.1 Å². The lowest BCUT2D eigenvalue weighted by atomic mass is 10.2. The fourth-order valence-electron chi connectivity index (χ4n) is 2.06. The Morgan fingerprint density at radius 3 is 2.38 bits per heavy atom. The molecule has 1 amide bonds. The Balaban J connectivity index is 1.82. The van der Waals surface area contributed by atoms with Gasteiger partial charge in [0.15, 0.2) is 0 Å². The number of carbonyl (C=O) groups excluding carboxylic acids is 1. The molecule has 0 atom stereocenters. The van der Waals surface area contributed by atoms with E-state index in [2.05, 4.69) is 10.6 Å². The SMILES string of the molecule is COc1ccccc1NC(=O)CCNc1ccc(C(F)(F)F)cc1. The Morgan fingerprint density at radius 1 is 1.08 bits per heavy atom. The Morgan fingerprint density at radius 2 is 1.75 bits per heavy atom. The second-order valence-electron chi connectivity index (χ2n) is 5.00. The predicted molar refractivity (Wildman–Crippen MR) is 86.2 cm³/mol. The van der Waals surface area contributed by atoms with E-state index in [9.17, 15) is 18.0 Å². The molecule has 0 radical (unpaired) electrons. The second-order valence-corrected chi connectivity index (χ2v) is 5.00.